The zero-order valence-electron chi connectivity index (χ0n) is 36.8. The van der Waals surface area contributed by atoms with E-state index in [-0.39, 0.29) is 6.10 Å². The minimum atomic E-state index is 0.210. The lowest BCUT2D eigenvalue weighted by molar-refractivity contribution is -0.00784. The number of para-hydroxylation sites is 1. The molecule has 0 radical (unpaired) electrons. The van der Waals surface area contributed by atoms with E-state index in [0.717, 1.165) is 76.0 Å². The molecule has 3 aromatic rings. The SMILES string of the molecule is CC.CC.CC(C)OCCOc1c(-c2ccccc2)cccc1-c1ccccc1.CC1CC(C)CC(C)C1.CCC1CC(C)CC(C)C1COC(C)C. The summed E-state index contributed by atoms with van der Waals surface area (Å²) in [5.41, 5.74) is 4.51. The molecule has 4 unspecified atom stereocenters. The summed E-state index contributed by atoms with van der Waals surface area (Å²) in [7, 11) is 0. The number of benzene rings is 3. The van der Waals surface area contributed by atoms with E-state index in [1.165, 1.54) is 38.5 Å². The van der Waals surface area contributed by atoms with Gasteiger partial charge in [0.15, 0.2) is 0 Å². The molecule has 0 heterocycles. The standard InChI is InChI=1S/C23H24O2.C14H28O.C9H18.2C2H6/c1-18(2)24-16-17-25-23-21(19-10-5-3-6-11-19)14-9-15-22(23)20-12-7-4-8-13-20;1-6-13-8-11(4)7-12(5)14(13)9-15-10(2)3;1-7-4-8(2)6-9(3)5-7;2*1-2/h3-15,18H,16-17H2,1-2H3;10-14H,6-9H2,1-5H3;7-9H,4-6H2,1-3H3;2*1-2H3. The third-order valence-electron chi connectivity index (χ3n) is 10.3. The summed E-state index contributed by atoms with van der Waals surface area (Å²) in [5.74, 6) is 7.33. The molecule has 4 atom stereocenters. The molecule has 3 nitrogen and oxygen atoms in total. The van der Waals surface area contributed by atoms with Crippen LogP contribution in [0.15, 0.2) is 78.9 Å². The van der Waals surface area contributed by atoms with Gasteiger partial charge in [0.2, 0.25) is 0 Å². The molecule has 5 rings (SSSR count). The second-order valence-corrected chi connectivity index (χ2v) is 16.0. The van der Waals surface area contributed by atoms with Gasteiger partial charge in [0, 0.05) is 11.1 Å². The van der Waals surface area contributed by atoms with Crippen molar-refractivity contribution in [3.8, 4) is 28.0 Å². The second-order valence-electron chi connectivity index (χ2n) is 16.0. The summed E-state index contributed by atoms with van der Waals surface area (Å²) in [6.45, 7) is 32.7. The van der Waals surface area contributed by atoms with E-state index in [4.69, 9.17) is 14.2 Å². The molecular weight excluding hydrogens is 649 g/mol. The van der Waals surface area contributed by atoms with Gasteiger partial charge >= 0.3 is 0 Å². The zero-order valence-corrected chi connectivity index (χ0v) is 36.8. The van der Waals surface area contributed by atoms with Crippen molar-refractivity contribution in [2.24, 2.45) is 41.4 Å². The van der Waals surface area contributed by atoms with Gasteiger partial charge in [-0.1, -0.05) is 155 Å². The molecule has 0 aromatic heterocycles. The first-order chi connectivity index (χ1) is 25.5. The Balaban J connectivity index is 0.000000425. The van der Waals surface area contributed by atoms with Crippen LogP contribution in [0.5, 0.6) is 5.75 Å². The maximum absolute atomic E-state index is 6.20. The van der Waals surface area contributed by atoms with Gasteiger partial charge in [-0.05, 0) is 112 Å². The molecule has 0 spiro atoms. The molecule has 2 aliphatic rings. The molecule has 53 heavy (non-hydrogen) atoms. The number of ether oxygens (including phenoxy) is 3. The van der Waals surface area contributed by atoms with Crippen molar-refractivity contribution in [2.45, 2.75) is 148 Å². The van der Waals surface area contributed by atoms with Gasteiger partial charge in [0.25, 0.3) is 0 Å². The third-order valence-corrected chi connectivity index (χ3v) is 10.3. The topological polar surface area (TPSA) is 27.7 Å². The van der Waals surface area contributed by atoms with Crippen LogP contribution in [0.2, 0.25) is 0 Å². The quantitative estimate of drug-likeness (QED) is 0.184. The highest BCUT2D eigenvalue weighted by atomic mass is 16.5. The maximum Gasteiger partial charge on any atom is 0.135 e. The summed E-state index contributed by atoms with van der Waals surface area (Å²) in [6, 6.07) is 27.0. The summed E-state index contributed by atoms with van der Waals surface area (Å²) in [4.78, 5) is 0. The first kappa shape index (κ1) is 48.4. The van der Waals surface area contributed by atoms with Gasteiger partial charge in [0.1, 0.15) is 12.4 Å². The Bertz CT molecular complexity index is 1200. The van der Waals surface area contributed by atoms with Gasteiger partial charge < -0.3 is 14.2 Å². The van der Waals surface area contributed by atoms with Crippen LogP contribution in [-0.2, 0) is 9.47 Å². The second kappa shape index (κ2) is 27.9. The van der Waals surface area contributed by atoms with Gasteiger partial charge in [0.05, 0.1) is 25.4 Å². The monoisotopic (exact) mass is 731 g/mol. The average molecular weight is 731 g/mol. The highest BCUT2D eigenvalue weighted by Crippen LogP contribution is 2.40. The molecule has 0 aliphatic heterocycles. The fourth-order valence-electron chi connectivity index (χ4n) is 8.29. The van der Waals surface area contributed by atoms with Crippen molar-refractivity contribution in [1.82, 2.24) is 0 Å². The smallest absolute Gasteiger partial charge is 0.135 e. The minimum absolute atomic E-state index is 0.210. The molecule has 3 aromatic carbocycles. The van der Waals surface area contributed by atoms with E-state index in [1.54, 1.807) is 0 Å². The molecule has 3 heteroatoms. The first-order valence-electron chi connectivity index (χ1n) is 21.6. The Morgan fingerprint density at radius 3 is 1.38 bits per heavy atom. The molecular formula is C50H82O3. The van der Waals surface area contributed by atoms with Crippen LogP contribution in [0, 0.1) is 41.4 Å². The average Bonchev–Trinajstić information content (AvgIpc) is 3.15. The number of hydrogen-bond acceptors (Lipinski definition) is 3. The lowest BCUT2D eigenvalue weighted by Crippen LogP contribution is -2.34. The molecule has 2 aliphatic carbocycles. The maximum atomic E-state index is 6.20. The van der Waals surface area contributed by atoms with Gasteiger partial charge in [-0.15, -0.1) is 0 Å². The van der Waals surface area contributed by atoms with E-state index >= 15 is 0 Å². The van der Waals surface area contributed by atoms with Crippen LogP contribution >= 0.6 is 0 Å². The number of hydrogen-bond donors (Lipinski definition) is 0. The largest absolute Gasteiger partial charge is 0.490 e. The Morgan fingerprint density at radius 2 is 0.962 bits per heavy atom. The van der Waals surface area contributed by atoms with E-state index in [1.807, 2.05) is 53.7 Å². The molecule has 0 amide bonds. The lowest BCUT2D eigenvalue weighted by Gasteiger charge is -2.39. The van der Waals surface area contributed by atoms with Crippen molar-refractivity contribution in [1.29, 1.82) is 0 Å². The molecule has 2 saturated carbocycles. The predicted molar refractivity (Wildman–Crippen MR) is 234 cm³/mol. The van der Waals surface area contributed by atoms with Crippen molar-refractivity contribution in [2.75, 3.05) is 19.8 Å². The first-order valence-corrected chi connectivity index (χ1v) is 21.6. The summed E-state index contributed by atoms with van der Waals surface area (Å²) in [5, 5.41) is 0. The normalized spacial score (nSPS) is 23.5. The van der Waals surface area contributed by atoms with Crippen molar-refractivity contribution >= 4 is 0 Å². The Morgan fingerprint density at radius 1 is 0.528 bits per heavy atom. The van der Waals surface area contributed by atoms with Crippen LogP contribution in [0.4, 0.5) is 0 Å². The van der Waals surface area contributed by atoms with Crippen LogP contribution < -0.4 is 4.74 Å². The van der Waals surface area contributed by atoms with E-state index in [9.17, 15) is 0 Å². The van der Waals surface area contributed by atoms with Crippen LogP contribution in [0.3, 0.4) is 0 Å². The molecule has 2 fully saturated rings. The lowest BCUT2D eigenvalue weighted by atomic mass is 9.68. The molecule has 0 bridgehead atoms. The van der Waals surface area contributed by atoms with Crippen molar-refractivity contribution in [3.05, 3.63) is 78.9 Å². The van der Waals surface area contributed by atoms with Crippen LogP contribution in [-0.4, -0.2) is 32.0 Å². The van der Waals surface area contributed by atoms with Gasteiger partial charge in [-0.25, -0.2) is 0 Å². The van der Waals surface area contributed by atoms with Gasteiger partial charge in [-0.3, -0.25) is 0 Å². The van der Waals surface area contributed by atoms with Crippen molar-refractivity contribution in [3.63, 3.8) is 0 Å². The Hall–Kier alpha value is -2.62. The Kier molecular flexibility index (Phi) is 25.5. The molecule has 300 valence electrons. The predicted octanol–water partition coefficient (Wildman–Crippen LogP) is 15.1. The van der Waals surface area contributed by atoms with Crippen LogP contribution in [0.25, 0.3) is 22.3 Å². The molecule has 0 saturated heterocycles. The minimum Gasteiger partial charge on any atom is -0.490 e. The highest BCUT2D eigenvalue weighted by molar-refractivity contribution is 5.82. The summed E-state index contributed by atoms with van der Waals surface area (Å²) >= 11 is 0. The fourth-order valence-corrected chi connectivity index (χ4v) is 8.29. The van der Waals surface area contributed by atoms with Crippen molar-refractivity contribution < 1.29 is 14.2 Å². The fraction of sp³-hybridized carbons (Fsp3) is 0.640. The van der Waals surface area contributed by atoms with E-state index in [0.29, 0.717) is 19.3 Å². The van der Waals surface area contributed by atoms with E-state index < -0.39 is 0 Å². The zero-order chi connectivity index (χ0) is 39.8. The van der Waals surface area contributed by atoms with Gasteiger partial charge in [-0.2, -0.15) is 0 Å². The molecule has 0 N–H and O–H groups in total. The van der Waals surface area contributed by atoms with E-state index in [2.05, 4.69) is 122 Å². The Labute approximate surface area is 329 Å². The summed E-state index contributed by atoms with van der Waals surface area (Å²) in [6.07, 6.45) is 9.10. The van der Waals surface area contributed by atoms with Crippen LogP contribution in [0.1, 0.15) is 135 Å². The number of rotatable bonds is 11. The third kappa shape index (κ3) is 18.5. The highest BCUT2D eigenvalue weighted by Gasteiger charge is 2.33. The summed E-state index contributed by atoms with van der Waals surface area (Å²) < 4.78 is 17.7.